The SMILES string of the molecule is COc1ccc(C(=O)N2C[C@H]3C[C@@H](N4CCOCC4)[C@H](O)C[C@H]3C2)cc1C(F)(F)F. The van der Waals surface area contributed by atoms with Crippen molar-refractivity contribution in [3.63, 3.8) is 0 Å². The summed E-state index contributed by atoms with van der Waals surface area (Å²) in [5, 5.41) is 10.7. The number of benzene rings is 1. The van der Waals surface area contributed by atoms with Gasteiger partial charge in [0.15, 0.2) is 0 Å². The van der Waals surface area contributed by atoms with Gasteiger partial charge in [-0.3, -0.25) is 9.69 Å². The highest BCUT2D eigenvalue weighted by molar-refractivity contribution is 5.95. The molecule has 0 spiro atoms. The van der Waals surface area contributed by atoms with Crippen molar-refractivity contribution in [1.29, 1.82) is 0 Å². The molecule has 6 nitrogen and oxygen atoms in total. The van der Waals surface area contributed by atoms with E-state index in [4.69, 9.17) is 9.47 Å². The summed E-state index contributed by atoms with van der Waals surface area (Å²) in [6.45, 7) is 3.84. The van der Waals surface area contributed by atoms with Crippen LogP contribution in [0.4, 0.5) is 13.2 Å². The Bertz CT molecular complexity index is 782. The molecule has 0 bridgehead atoms. The van der Waals surface area contributed by atoms with E-state index in [1.807, 2.05) is 0 Å². The van der Waals surface area contributed by atoms with Gasteiger partial charge in [-0.15, -0.1) is 0 Å². The molecule has 1 N–H and O–H groups in total. The Morgan fingerprint density at radius 2 is 1.83 bits per heavy atom. The van der Waals surface area contributed by atoms with Gasteiger partial charge in [0.25, 0.3) is 5.91 Å². The topological polar surface area (TPSA) is 62.2 Å². The van der Waals surface area contributed by atoms with Crippen LogP contribution in [0.3, 0.4) is 0 Å². The summed E-state index contributed by atoms with van der Waals surface area (Å²) in [4.78, 5) is 16.9. The lowest BCUT2D eigenvalue weighted by Gasteiger charge is -2.43. The molecule has 2 aliphatic heterocycles. The Morgan fingerprint density at radius 1 is 1.17 bits per heavy atom. The fraction of sp³-hybridized carbons (Fsp3) is 0.667. The normalized spacial score (nSPS) is 30.2. The number of ether oxygens (including phenoxy) is 2. The maximum atomic E-state index is 13.3. The lowest BCUT2D eigenvalue weighted by atomic mass is 9.77. The third kappa shape index (κ3) is 4.15. The fourth-order valence-electron chi connectivity index (χ4n) is 5.12. The zero-order chi connectivity index (χ0) is 21.5. The molecule has 3 fully saturated rings. The predicted octanol–water partition coefficient (Wildman–Crippen LogP) is 2.26. The highest BCUT2D eigenvalue weighted by atomic mass is 19.4. The molecular formula is C21H27F3N2O4. The molecule has 30 heavy (non-hydrogen) atoms. The molecule has 3 aliphatic rings. The van der Waals surface area contributed by atoms with Gasteiger partial charge >= 0.3 is 6.18 Å². The van der Waals surface area contributed by atoms with Crippen LogP contribution in [0.15, 0.2) is 18.2 Å². The van der Waals surface area contributed by atoms with Crippen molar-refractivity contribution in [1.82, 2.24) is 9.80 Å². The van der Waals surface area contributed by atoms with Crippen LogP contribution in [0, 0.1) is 11.8 Å². The second-order valence-corrected chi connectivity index (χ2v) is 8.40. The van der Waals surface area contributed by atoms with E-state index in [1.54, 1.807) is 4.90 Å². The van der Waals surface area contributed by atoms with Crippen molar-refractivity contribution >= 4 is 5.91 Å². The van der Waals surface area contributed by atoms with Crippen LogP contribution in [-0.2, 0) is 10.9 Å². The second kappa shape index (κ2) is 8.36. The van der Waals surface area contributed by atoms with Gasteiger partial charge < -0.3 is 19.5 Å². The molecule has 1 aromatic carbocycles. The van der Waals surface area contributed by atoms with E-state index < -0.39 is 23.8 Å². The summed E-state index contributed by atoms with van der Waals surface area (Å²) in [6, 6.07) is 3.48. The molecule has 1 aromatic rings. The summed E-state index contributed by atoms with van der Waals surface area (Å²) in [5.41, 5.74) is -0.942. The molecule has 4 atom stereocenters. The minimum Gasteiger partial charge on any atom is -0.496 e. The number of aliphatic hydroxyl groups excluding tert-OH is 1. The van der Waals surface area contributed by atoms with Gasteiger partial charge in [0.05, 0.1) is 32.0 Å². The van der Waals surface area contributed by atoms with Crippen molar-refractivity contribution in [2.24, 2.45) is 11.8 Å². The summed E-state index contributed by atoms with van der Waals surface area (Å²) in [6.07, 6.45) is -3.67. The Morgan fingerprint density at radius 3 is 2.47 bits per heavy atom. The van der Waals surface area contributed by atoms with Crippen molar-refractivity contribution in [2.45, 2.75) is 31.2 Å². The third-order valence-corrected chi connectivity index (χ3v) is 6.66. The van der Waals surface area contributed by atoms with E-state index in [-0.39, 0.29) is 29.2 Å². The van der Waals surface area contributed by atoms with E-state index in [1.165, 1.54) is 19.2 Å². The summed E-state index contributed by atoms with van der Waals surface area (Å²) >= 11 is 0. The smallest absolute Gasteiger partial charge is 0.419 e. The lowest BCUT2D eigenvalue weighted by molar-refractivity contribution is -0.138. The summed E-state index contributed by atoms with van der Waals surface area (Å²) in [7, 11) is 1.17. The van der Waals surface area contributed by atoms with Crippen LogP contribution in [0.1, 0.15) is 28.8 Å². The minimum absolute atomic E-state index is 0.00653. The number of alkyl halides is 3. The van der Waals surface area contributed by atoms with Crippen LogP contribution >= 0.6 is 0 Å². The van der Waals surface area contributed by atoms with Crippen LogP contribution in [0.2, 0.25) is 0 Å². The summed E-state index contributed by atoms with van der Waals surface area (Å²) in [5.74, 6) is -0.298. The van der Waals surface area contributed by atoms with Gasteiger partial charge in [-0.25, -0.2) is 0 Å². The maximum Gasteiger partial charge on any atom is 0.419 e. The average Bonchev–Trinajstić information content (AvgIpc) is 3.15. The quantitative estimate of drug-likeness (QED) is 0.800. The zero-order valence-electron chi connectivity index (χ0n) is 16.9. The van der Waals surface area contributed by atoms with Crippen LogP contribution in [0.5, 0.6) is 5.75 Å². The molecule has 4 rings (SSSR count). The first-order chi connectivity index (χ1) is 14.3. The maximum absolute atomic E-state index is 13.3. The van der Waals surface area contributed by atoms with E-state index in [0.717, 1.165) is 25.6 Å². The van der Waals surface area contributed by atoms with E-state index in [2.05, 4.69) is 4.90 Å². The first-order valence-corrected chi connectivity index (χ1v) is 10.3. The number of fused-ring (bicyclic) bond motifs is 1. The van der Waals surface area contributed by atoms with Crippen molar-refractivity contribution in [3.05, 3.63) is 29.3 Å². The van der Waals surface area contributed by atoms with Gasteiger partial charge in [-0.05, 0) is 42.9 Å². The Labute approximate surface area is 173 Å². The van der Waals surface area contributed by atoms with Gasteiger partial charge in [0.1, 0.15) is 5.75 Å². The molecular weight excluding hydrogens is 401 g/mol. The number of amides is 1. The minimum atomic E-state index is -4.60. The highest BCUT2D eigenvalue weighted by Gasteiger charge is 2.45. The van der Waals surface area contributed by atoms with Crippen LogP contribution in [-0.4, -0.2) is 79.5 Å². The molecule has 1 aliphatic carbocycles. The molecule has 9 heteroatoms. The molecule has 0 aromatic heterocycles. The number of hydrogen-bond acceptors (Lipinski definition) is 5. The molecule has 2 saturated heterocycles. The third-order valence-electron chi connectivity index (χ3n) is 6.66. The van der Waals surface area contributed by atoms with Gasteiger partial charge in [-0.1, -0.05) is 0 Å². The van der Waals surface area contributed by atoms with Crippen LogP contribution < -0.4 is 4.74 Å². The number of morpholine rings is 1. The number of carbonyl (C=O) groups excluding carboxylic acids is 1. The van der Waals surface area contributed by atoms with E-state index in [0.29, 0.717) is 32.7 Å². The second-order valence-electron chi connectivity index (χ2n) is 8.40. The Hall–Kier alpha value is -1.84. The molecule has 0 unspecified atom stereocenters. The van der Waals surface area contributed by atoms with Gasteiger partial charge in [0, 0.05) is 37.8 Å². The van der Waals surface area contributed by atoms with Crippen molar-refractivity contribution in [2.75, 3.05) is 46.5 Å². The first-order valence-electron chi connectivity index (χ1n) is 10.3. The molecule has 1 amide bonds. The van der Waals surface area contributed by atoms with E-state index >= 15 is 0 Å². The first kappa shape index (κ1) is 21.4. The number of carbonyl (C=O) groups is 1. The number of aliphatic hydroxyl groups is 1. The Kier molecular flexibility index (Phi) is 5.96. The number of halogens is 3. The standard InChI is InChI=1S/C21H27F3N2O4/c1-29-19-3-2-13(8-16(19)21(22,23)24)20(28)26-11-14-9-17(18(27)10-15(14)12-26)25-4-6-30-7-5-25/h2-3,8,14-15,17-18,27H,4-7,9-12H2,1H3/t14-,15+,17-,18-/m1/s1. The number of nitrogens with zero attached hydrogens (tertiary/aromatic N) is 2. The monoisotopic (exact) mass is 428 g/mol. The highest BCUT2D eigenvalue weighted by Crippen LogP contribution is 2.40. The van der Waals surface area contributed by atoms with Crippen molar-refractivity contribution < 1.29 is 32.5 Å². The molecule has 2 heterocycles. The number of hydrogen-bond donors (Lipinski definition) is 1. The fourth-order valence-corrected chi connectivity index (χ4v) is 5.12. The van der Waals surface area contributed by atoms with Crippen LogP contribution in [0.25, 0.3) is 0 Å². The van der Waals surface area contributed by atoms with E-state index in [9.17, 15) is 23.1 Å². The number of rotatable bonds is 3. The number of likely N-dealkylation sites (tertiary alicyclic amines) is 1. The summed E-state index contributed by atoms with van der Waals surface area (Å²) < 4.78 is 50.1. The molecule has 0 radical (unpaired) electrons. The predicted molar refractivity (Wildman–Crippen MR) is 102 cm³/mol. The van der Waals surface area contributed by atoms with Gasteiger partial charge in [-0.2, -0.15) is 13.2 Å². The Balaban J connectivity index is 1.47. The largest absolute Gasteiger partial charge is 0.496 e. The number of methoxy groups -OCH3 is 1. The zero-order valence-corrected chi connectivity index (χ0v) is 16.9. The van der Waals surface area contributed by atoms with Crippen molar-refractivity contribution in [3.8, 4) is 5.75 Å². The molecule has 1 saturated carbocycles. The van der Waals surface area contributed by atoms with Gasteiger partial charge in [0.2, 0.25) is 0 Å². The average molecular weight is 428 g/mol. The molecule has 166 valence electrons. The lowest BCUT2D eigenvalue weighted by Crippen LogP contribution is -2.53.